The Morgan fingerprint density at radius 1 is 1.50 bits per heavy atom. The number of hydrogen-bond donors (Lipinski definition) is 1. The van der Waals surface area contributed by atoms with Crippen molar-refractivity contribution in [3.63, 3.8) is 0 Å². The van der Waals surface area contributed by atoms with Gasteiger partial charge in [0.25, 0.3) is 0 Å². The van der Waals surface area contributed by atoms with E-state index in [1.54, 1.807) is 13.0 Å². The topological polar surface area (TPSA) is 32.9 Å². The predicted molar refractivity (Wildman–Crippen MR) is 65.7 cm³/mol. The highest BCUT2D eigenvalue weighted by molar-refractivity contribution is 9.10. The van der Waals surface area contributed by atoms with Crippen molar-refractivity contribution < 1.29 is 9.18 Å². The minimum Gasteiger partial charge on any atom is -0.358 e. The van der Waals surface area contributed by atoms with Gasteiger partial charge in [-0.05, 0) is 32.0 Å². The number of aromatic nitrogens is 1. The number of benzene rings is 1. The minimum absolute atomic E-state index is 0.0330. The molecule has 2 aromatic rings. The van der Waals surface area contributed by atoms with Crippen molar-refractivity contribution in [1.82, 2.24) is 4.98 Å². The average Bonchev–Trinajstić information content (AvgIpc) is 2.52. The summed E-state index contributed by atoms with van der Waals surface area (Å²) in [6, 6.07) is 4.42. The Morgan fingerprint density at radius 3 is 2.81 bits per heavy atom. The van der Waals surface area contributed by atoms with Gasteiger partial charge >= 0.3 is 0 Å². The number of nitrogens with one attached hydrogen (secondary N) is 1. The first-order chi connectivity index (χ1) is 7.50. The summed E-state index contributed by atoms with van der Waals surface area (Å²) >= 11 is 3.24. The molecule has 84 valence electrons. The first-order valence-electron chi connectivity index (χ1n) is 4.97. The monoisotopic (exact) mass is 283 g/mol. The number of rotatable bonds is 2. The van der Waals surface area contributed by atoms with Crippen LogP contribution in [0.15, 0.2) is 18.2 Å². The quantitative estimate of drug-likeness (QED) is 0.663. The molecular weight excluding hydrogens is 273 g/mol. The van der Waals surface area contributed by atoms with Crippen LogP contribution < -0.4 is 0 Å². The molecule has 1 N–H and O–H groups in total. The van der Waals surface area contributed by atoms with Crippen molar-refractivity contribution in [3.05, 3.63) is 35.3 Å². The summed E-state index contributed by atoms with van der Waals surface area (Å²) in [6.07, 6.45) is 0. The summed E-state index contributed by atoms with van der Waals surface area (Å²) in [5, 5.41) is 0.647. The summed E-state index contributed by atoms with van der Waals surface area (Å²) in [7, 11) is 0. The Kier molecular flexibility index (Phi) is 2.84. The summed E-state index contributed by atoms with van der Waals surface area (Å²) in [5.41, 5.74) is 2.13. The van der Waals surface area contributed by atoms with E-state index in [1.807, 2.05) is 6.92 Å². The molecular formula is C12H11BrFNO. The molecule has 0 bridgehead atoms. The van der Waals surface area contributed by atoms with Crippen LogP contribution in [0.5, 0.6) is 0 Å². The number of H-pyrrole nitrogens is 1. The van der Waals surface area contributed by atoms with E-state index in [-0.39, 0.29) is 16.4 Å². The molecule has 4 heteroatoms. The molecule has 0 unspecified atom stereocenters. The minimum atomic E-state index is -0.331. The molecule has 0 fully saturated rings. The lowest BCUT2D eigenvalue weighted by molar-refractivity contribution is 0.0997. The zero-order chi connectivity index (χ0) is 11.9. The molecule has 1 heterocycles. The van der Waals surface area contributed by atoms with Gasteiger partial charge in [0.15, 0.2) is 5.78 Å². The molecule has 1 aromatic heterocycles. The second-order valence-corrected chi connectivity index (χ2v) is 5.17. The normalized spacial score (nSPS) is 13.0. The van der Waals surface area contributed by atoms with E-state index in [0.29, 0.717) is 10.9 Å². The third-order valence-corrected chi connectivity index (χ3v) is 2.97. The smallest absolute Gasteiger partial charge is 0.178 e. The number of aromatic amines is 1. The number of carbonyl (C=O) groups is 1. The van der Waals surface area contributed by atoms with Crippen molar-refractivity contribution >= 4 is 32.6 Å². The Morgan fingerprint density at radius 2 is 2.19 bits per heavy atom. The zero-order valence-electron chi connectivity index (χ0n) is 8.97. The maximum Gasteiger partial charge on any atom is 0.178 e. The van der Waals surface area contributed by atoms with E-state index >= 15 is 0 Å². The lowest BCUT2D eigenvalue weighted by Crippen LogP contribution is -2.10. The Hall–Kier alpha value is -1.16. The number of alkyl halides is 1. The van der Waals surface area contributed by atoms with E-state index in [0.717, 1.165) is 11.2 Å². The fraction of sp³-hybridized carbons (Fsp3) is 0.250. The SMILES string of the molecule is Cc1[nH]c2ccc(F)cc2c1C(=O)[C@H](C)Br. The largest absolute Gasteiger partial charge is 0.358 e. The van der Waals surface area contributed by atoms with Crippen molar-refractivity contribution in [2.45, 2.75) is 18.7 Å². The second-order valence-electron chi connectivity index (χ2n) is 3.80. The summed E-state index contributed by atoms with van der Waals surface area (Å²) in [5.74, 6) is -0.364. The lowest BCUT2D eigenvalue weighted by Gasteiger charge is -2.02. The Labute approximate surface area is 101 Å². The summed E-state index contributed by atoms with van der Waals surface area (Å²) in [6.45, 7) is 3.58. The van der Waals surface area contributed by atoms with Crippen LogP contribution in [0.3, 0.4) is 0 Å². The number of halogens is 2. The van der Waals surface area contributed by atoms with Gasteiger partial charge in [0.05, 0.1) is 4.83 Å². The Balaban J connectivity index is 2.72. The fourth-order valence-corrected chi connectivity index (χ4v) is 2.04. The van der Waals surface area contributed by atoms with Gasteiger partial charge in [0.2, 0.25) is 0 Å². The van der Waals surface area contributed by atoms with Crippen LogP contribution in [-0.2, 0) is 0 Å². The van der Waals surface area contributed by atoms with Gasteiger partial charge < -0.3 is 4.98 Å². The molecule has 1 atom stereocenters. The van der Waals surface area contributed by atoms with Gasteiger partial charge in [-0.15, -0.1) is 0 Å². The molecule has 0 saturated carbocycles. The molecule has 1 aromatic carbocycles. The molecule has 2 nitrogen and oxygen atoms in total. The maximum atomic E-state index is 13.2. The Bertz CT molecular complexity index is 559. The van der Waals surface area contributed by atoms with Crippen LogP contribution >= 0.6 is 15.9 Å². The van der Waals surface area contributed by atoms with E-state index in [1.165, 1.54) is 12.1 Å². The maximum absolute atomic E-state index is 13.2. The average molecular weight is 284 g/mol. The molecule has 0 saturated heterocycles. The van der Waals surface area contributed by atoms with E-state index in [4.69, 9.17) is 0 Å². The van der Waals surface area contributed by atoms with E-state index in [9.17, 15) is 9.18 Å². The molecule has 0 radical (unpaired) electrons. The summed E-state index contributed by atoms with van der Waals surface area (Å²) < 4.78 is 13.2. The molecule has 16 heavy (non-hydrogen) atoms. The summed E-state index contributed by atoms with van der Waals surface area (Å²) in [4.78, 5) is 14.8. The van der Waals surface area contributed by atoms with Crippen LogP contribution in [0.25, 0.3) is 10.9 Å². The van der Waals surface area contributed by atoms with Gasteiger partial charge in [0, 0.05) is 22.2 Å². The van der Waals surface area contributed by atoms with E-state index in [2.05, 4.69) is 20.9 Å². The number of carbonyl (C=O) groups excluding carboxylic acids is 1. The van der Waals surface area contributed by atoms with Gasteiger partial charge in [-0.25, -0.2) is 4.39 Å². The molecule has 0 spiro atoms. The number of hydrogen-bond acceptors (Lipinski definition) is 1. The van der Waals surface area contributed by atoms with Crippen LogP contribution in [0.2, 0.25) is 0 Å². The number of aryl methyl sites for hydroxylation is 1. The molecule has 2 rings (SSSR count). The second kappa shape index (κ2) is 4.01. The molecule has 0 aliphatic carbocycles. The first-order valence-corrected chi connectivity index (χ1v) is 5.88. The fourth-order valence-electron chi connectivity index (χ4n) is 1.82. The zero-order valence-corrected chi connectivity index (χ0v) is 10.6. The predicted octanol–water partition coefficient (Wildman–Crippen LogP) is 3.58. The standard InChI is InChI=1S/C12H11BrFNO/c1-6(13)12(16)11-7(2)15-10-4-3-8(14)5-9(10)11/h3-6,15H,1-2H3/t6-/m0/s1. The number of ketones is 1. The van der Waals surface area contributed by atoms with Gasteiger partial charge in [-0.2, -0.15) is 0 Å². The van der Waals surface area contributed by atoms with Crippen LogP contribution in [0.4, 0.5) is 4.39 Å². The number of fused-ring (bicyclic) bond motifs is 1. The van der Waals surface area contributed by atoms with Gasteiger partial charge in [-0.3, -0.25) is 4.79 Å². The van der Waals surface area contributed by atoms with E-state index < -0.39 is 0 Å². The highest BCUT2D eigenvalue weighted by Crippen LogP contribution is 2.25. The van der Waals surface area contributed by atoms with Crippen molar-refractivity contribution in [2.75, 3.05) is 0 Å². The lowest BCUT2D eigenvalue weighted by atomic mass is 10.1. The highest BCUT2D eigenvalue weighted by Gasteiger charge is 2.19. The third kappa shape index (κ3) is 1.78. The highest BCUT2D eigenvalue weighted by atomic mass is 79.9. The van der Waals surface area contributed by atoms with Crippen molar-refractivity contribution in [1.29, 1.82) is 0 Å². The third-order valence-electron chi connectivity index (χ3n) is 2.56. The van der Waals surface area contributed by atoms with Gasteiger partial charge in [0.1, 0.15) is 5.82 Å². The van der Waals surface area contributed by atoms with Gasteiger partial charge in [-0.1, -0.05) is 15.9 Å². The first kappa shape index (κ1) is 11.3. The van der Waals surface area contributed by atoms with Crippen LogP contribution in [-0.4, -0.2) is 15.6 Å². The van der Waals surface area contributed by atoms with Crippen LogP contribution in [0.1, 0.15) is 23.0 Å². The molecule has 0 aliphatic heterocycles. The molecule has 0 amide bonds. The number of Topliss-reactive ketones (excluding diaryl/α,β-unsaturated/α-hetero) is 1. The molecule has 0 aliphatic rings. The van der Waals surface area contributed by atoms with Crippen molar-refractivity contribution in [2.24, 2.45) is 0 Å². The van der Waals surface area contributed by atoms with Crippen molar-refractivity contribution in [3.8, 4) is 0 Å². The van der Waals surface area contributed by atoms with Crippen LogP contribution in [0, 0.1) is 12.7 Å².